The molecular weight excluding hydrogens is 213 g/mol. The summed E-state index contributed by atoms with van der Waals surface area (Å²) in [5.74, 6) is 1.45. The predicted molar refractivity (Wildman–Crippen MR) is 67.1 cm³/mol. The topological polar surface area (TPSA) is 12.0 Å². The summed E-state index contributed by atoms with van der Waals surface area (Å²) < 4.78 is 12.8. The third kappa shape index (κ3) is 2.02. The molecule has 1 aromatic carbocycles. The van der Waals surface area contributed by atoms with E-state index >= 15 is 0 Å². The maximum absolute atomic E-state index is 12.8. The van der Waals surface area contributed by atoms with Crippen molar-refractivity contribution < 1.29 is 4.39 Å². The molecular formula is C15H18FN. The Hall–Kier alpha value is -1.15. The molecule has 1 nitrogen and oxygen atoms in total. The van der Waals surface area contributed by atoms with E-state index in [9.17, 15) is 4.39 Å². The second-order valence-corrected chi connectivity index (χ2v) is 5.28. The molecule has 0 spiro atoms. The standard InChI is InChI=1S/C15H18FN/c1-10(11-5-7-13(16)8-6-11)17-15-9-12-3-2-4-14(12)15/h2,4-8,10,12,14-15,17H,3,9H2,1H3/t10-,12?,14?,15?/m0/s1. The van der Waals surface area contributed by atoms with Gasteiger partial charge in [0.25, 0.3) is 0 Å². The zero-order valence-electron chi connectivity index (χ0n) is 10.1. The number of nitrogens with one attached hydrogen (secondary N) is 1. The Balaban J connectivity index is 1.62. The molecule has 4 atom stereocenters. The molecule has 3 unspecified atom stereocenters. The molecule has 3 rings (SSSR count). The van der Waals surface area contributed by atoms with Crippen molar-refractivity contribution in [2.24, 2.45) is 11.8 Å². The molecule has 0 saturated heterocycles. The van der Waals surface area contributed by atoms with Crippen LogP contribution in [0.25, 0.3) is 0 Å². The summed E-state index contributed by atoms with van der Waals surface area (Å²) in [6.45, 7) is 2.15. The Labute approximate surface area is 102 Å². The zero-order chi connectivity index (χ0) is 11.8. The van der Waals surface area contributed by atoms with Gasteiger partial charge in [-0.15, -0.1) is 0 Å². The van der Waals surface area contributed by atoms with Gasteiger partial charge in [0, 0.05) is 12.1 Å². The number of hydrogen-bond acceptors (Lipinski definition) is 1. The van der Waals surface area contributed by atoms with E-state index in [4.69, 9.17) is 0 Å². The Morgan fingerprint density at radius 3 is 2.76 bits per heavy atom. The third-order valence-corrected chi connectivity index (χ3v) is 4.20. The van der Waals surface area contributed by atoms with Crippen LogP contribution in [0, 0.1) is 17.7 Å². The maximum atomic E-state index is 12.8. The van der Waals surface area contributed by atoms with Crippen molar-refractivity contribution in [2.75, 3.05) is 0 Å². The van der Waals surface area contributed by atoms with E-state index < -0.39 is 0 Å². The van der Waals surface area contributed by atoms with Crippen molar-refractivity contribution in [1.29, 1.82) is 0 Å². The van der Waals surface area contributed by atoms with Crippen LogP contribution in [0.5, 0.6) is 0 Å². The van der Waals surface area contributed by atoms with Gasteiger partial charge in [0.05, 0.1) is 0 Å². The van der Waals surface area contributed by atoms with Gasteiger partial charge < -0.3 is 5.32 Å². The quantitative estimate of drug-likeness (QED) is 0.786. The smallest absolute Gasteiger partial charge is 0.123 e. The lowest BCUT2D eigenvalue weighted by atomic mass is 9.71. The fraction of sp³-hybridized carbons (Fsp3) is 0.467. The predicted octanol–water partition coefficient (Wildman–Crippen LogP) is 3.44. The molecule has 17 heavy (non-hydrogen) atoms. The number of rotatable bonds is 3. The molecule has 0 amide bonds. The van der Waals surface area contributed by atoms with Gasteiger partial charge in [0.2, 0.25) is 0 Å². The summed E-state index contributed by atoms with van der Waals surface area (Å²) in [4.78, 5) is 0. The molecule has 1 saturated carbocycles. The molecule has 0 bridgehead atoms. The monoisotopic (exact) mass is 231 g/mol. The summed E-state index contributed by atoms with van der Waals surface area (Å²) in [6.07, 6.45) is 7.19. The molecule has 2 aliphatic rings. The third-order valence-electron chi connectivity index (χ3n) is 4.20. The van der Waals surface area contributed by atoms with Crippen molar-refractivity contribution >= 4 is 0 Å². The highest BCUT2D eigenvalue weighted by atomic mass is 19.1. The number of hydrogen-bond donors (Lipinski definition) is 1. The highest BCUT2D eigenvalue weighted by Gasteiger charge is 2.41. The molecule has 1 fully saturated rings. The SMILES string of the molecule is C[C@H](NC1CC2CC=CC21)c1ccc(F)cc1. The molecule has 0 radical (unpaired) electrons. The first-order valence-corrected chi connectivity index (χ1v) is 6.42. The fourth-order valence-electron chi connectivity index (χ4n) is 3.08. The highest BCUT2D eigenvalue weighted by Crippen LogP contribution is 2.43. The number of allylic oxidation sites excluding steroid dienone is 1. The lowest BCUT2D eigenvalue weighted by Gasteiger charge is -2.42. The van der Waals surface area contributed by atoms with Crippen molar-refractivity contribution in [2.45, 2.75) is 31.8 Å². The molecule has 1 N–H and O–H groups in total. The van der Waals surface area contributed by atoms with Crippen LogP contribution in [-0.2, 0) is 0 Å². The first-order valence-electron chi connectivity index (χ1n) is 6.42. The van der Waals surface area contributed by atoms with Crippen molar-refractivity contribution in [3.63, 3.8) is 0 Å². The first kappa shape index (κ1) is 11.0. The van der Waals surface area contributed by atoms with E-state index in [1.165, 1.54) is 25.0 Å². The van der Waals surface area contributed by atoms with Crippen molar-refractivity contribution in [3.8, 4) is 0 Å². The lowest BCUT2D eigenvalue weighted by molar-refractivity contribution is 0.152. The fourth-order valence-corrected chi connectivity index (χ4v) is 3.08. The van der Waals surface area contributed by atoms with Crippen LogP contribution in [-0.4, -0.2) is 6.04 Å². The Morgan fingerprint density at radius 2 is 2.06 bits per heavy atom. The maximum Gasteiger partial charge on any atom is 0.123 e. The van der Waals surface area contributed by atoms with Crippen LogP contribution >= 0.6 is 0 Å². The van der Waals surface area contributed by atoms with Gasteiger partial charge in [-0.25, -0.2) is 4.39 Å². The molecule has 90 valence electrons. The van der Waals surface area contributed by atoms with Gasteiger partial charge in [0.1, 0.15) is 5.82 Å². The number of benzene rings is 1. The average Bonchev–Trinajstić information content (AvgIpc) is 2.68. The van der Waals surface area contributed by atoms with E-state index in [1.807, 2.05) is 12.1 Å². The molecule has 0 aromatic heterocycles. The van der Waals surface area contributed by atoms with Crippen LogP contribution in [0.1, 0.15) is 31.4 Å². The van der Waals surface area contributed by atoms with Crippen molar-refractivity contribution in [1.82, 2.24) is 5.32 Å². The number of halogens is 1. The van der Waals surface area contributed by atoms with Gasteiger partial charge in [-0.1, -0.05) is 24.3 Å². The summed E-state index contributed by atoms with van der Waals surface area (Å²) in [5.41, 5.74) is 1.16. The summed E-state index contributed by atoms with van der Waals surface area (Å²) in [7, 11) is 0. The van der Waals surface area contributed by atoms with Gasteiger partial charge in [0.15, 0.2) is 0 Å². The summed E-state index contributed by atoms with van der Waals surface area (Å²) in [6, 6.07) is 7.72. The van der Waals surface area contributed by atoms with E-state index in [0.29, 0.717) is 12.1 Å². The molecule has 2 heteroatoms. The van der Waals surface area contributed by atoms with Crippen LogP contribution in [0.4, 0.5) is 4.39 Å². The minimum absolute atomic E-state index is 0.164. The number of fused-ring (bicyclic) bond motifs is 1. The largest absolute Gasteiger partial charge is 0.307 e. The first-order chi connectivity index (χ1) is 8.24. The van der Waals surface area contributed by atoms with Crippen LogP contribution in [0.2, 0.25) is 0 Å². The Morgan fingerprint density at radius 1 is 1.29 bits per heavy atom. The summed E-state index contributed by atoms with van der Waals surface area (Å²) in [5, 5.41) is 3.65. The highest BCUT2D eigenvalue weighted by molar-refractivity contribution is 5.21. The molecule has 0 aliphatic heterocycles. The molecule has 0 heterocycles. The van der Waals surface area contributed by atoms with Crippen LogP contribution in [0.15, 0.2) is 36.4 Å². The minimum atomic E-state index is -0.164. The van der Waals surface area contributed by atoms with Gasteiger partial charge in [-0.2, -0.15) is 0 Å². The van der Waals surface area contributed by atoms with Crippen LogP contribution < -0.4 is 5.32 Å². The zero-order valence-corrected chi connectivity index (χ0v) is 10.1. The normalized spacial score (nSPS) is 32.0. The van der Waals surface area contributed by atoms with E-state index in [0.717, 1.165) is 17.4 Å². The Kier molecular flexibility index (Phi) is 2.75. The second kappa shape index (κ2) is 4.26. The molecule has 2 aliphatic carbocycles. The van der Waals surface area contributed by atoms with Crippen LogP contribution in [0.3, 0.4) is 0 Å². The minimum Gasteiger partial charge on any atom is -0.307 e. The van der Waals surface area contributed by atoms with Crippen molar-refractivity contribution in [3.05, 3.63) is 47.8 Å². The molecule has 1 aromatic rings. The lowest BCUT2D eigenvalue weighted by Crippen LogP contribution is -2.48. The second-order valence-electron chi connectivity index (χ2n) is 5.28. The van der Waals surface area contributed by atoms with E-state index in [-0.39, 0.29) is 5.82 Å². The van der Waals surface area contributed by atoms with E-state index in [1.54, 1.807) is 0 Å². The summed E-state index contributed by atoms with van der Waals surface area (Å²) >= 11 is 0. The van der Waals surface area contributed by atoms with Gasteiger partial charge >= 0.3 is 0 Å². The average molecular weight is 231 g/mol. The van der Waals surface area contributed by atoms with Gasteiger partial charge in [-0.05, 0) is 49.3 Å². The van der Waals surface area contributed by atoms with E-state index in [2.05, 4.69) is 24.4 Å². The Bertz CT molecular complexity index is 423. The van der Waals surface area contributed by atoms with Gasteiger partial charge in [-0.3, -0.25) is 0 Å².